The third-order valence-corrected chi connectivity index (χ3v) is 3.41. The highest BCUT2D eigenvalue weighted by Crippen LogP contribution is 2.32. The number of anilines is 1. The van der Waals surface area contributed by atoms with Crippen molar-refractivity contribution in [2.75, 3.05) is 5.73 Å². The molecule has 2 heteroatoms. The number of benzene rings is 1. The molecular weight excluding hydrogens is 178 g/mol. The summed E-state index contributed by atoms with van der Waals surface area (Å²) in [5, 5.41) is 3.49. The van der Waals surface area contributed by atoms with Gasteiger partial charge >= 0.3 is 0 Å². The number of hydrogen-bond donors (Lipinski definition) is 1. The summed E-state index contributed by atoms with van der Waals surface area (Å²) in [5.41, 5.74) is 9.49. The Morgan fingerprint density at radius 1 is 1.46 bits per heavy atom. The number of aryl methyl sites for hydroxylation is 2. The van der Waals surface area contributed by atoms with Gasteiger partial charge in [0.2, 0.25) is 0 Å². The third-order valence-electron chi connectivity index (χ3n) is 2.44. The van der Waals surface area contributed by atoms with Gasteiger partial charge < -0.3 is 5.73 Å². The van der Waals surface area contributed by atoms with Crippen LogP contribution in [0.1, 0.15) is 18.1 Å². The Labute approximate surface area is 82.2 Å². The fraction of sp³-hybridized carbons (Fsp3) is 0.273. The van der Waals surface area contributed by atoms with Crippen LogP contribution < -0.4 is 5.73 Å². The van der Waals surface area contributed by atoms with Crippen molar-refractivity contribution < 1.29 is 0 Å². The first-order valence-electron chi connectivity index (χ1n) is 4.49. The van der Waals surface area contributed by atoms with Crippen molar-refractivity contribution in [3.8, 4) is 0 Å². The molecule has 2 aromatic rings. The lowest BCUT2D eigenvalue weighted by Crippen LogP contribution is -1.93. The number of fused-ring (bicyclic) bond motifs is 1. The van der Waals surface area contributed by atoms with Gasteiger partial charge in [0.15, 0.2) is 0 Å². The van der Waals surface area contributed by atoms with Gasteiger partial charge in [-0.3, -0.25) is 0 Å². The van der Waals surface area contributed by atoms with Gasteiger partial charge in [0, 0.05) is 10.4 Å². The van der Waals surface area contributed by atoms with E-state index < -0.39 is 0 Å². The molecule has 0 bridgehead atoms. The molecule has 0 saturated heterocycles. The molecule has 0 unspecified atom stereocenters. The molecule has 0 aliphatic carbocycles. The molecular formula is C11H13NS. The molecule has 13 heavy (non-hydrogen) atoms. The molecule has 0 fully saturated rings. The van der Waals surface area contributed by atoms with Gasteiger partial charge in [-0.25, -0.2) is 0 Å². The van der Waals surface area contributed by atoms with E-state index in [1.54, 1.807) is 11.3 Å². The maximum atomic E-state index is 5.96. The maximum Gasteiger partial charge on any atom is 0.0397 e. The first-order chi connectivity index (χ1) is 6.24. The number of thiophene rings is 1. The SMILES string of the molecule is CCc1c(N)cc(C)c2ccsc12. The van der Waals surface area contributed by atoms with E-state index in [0.29, 0.717) is 0 Å². The van der Waals surface area contributed by atoms with Crippen molar-refractivity contribution in [2.45, 2.75) is 20.3 Å². The minimum absolute atomic E-state index is 0.940. The van der Waals surface area contributed by atoms with E-state index in [4.69, 9.17) is 5.73 Å². The van der Waals surface area contributed by atoms with Gasteiger partial charge in [0.25, 0.3) is 0 Å². The van der Waals surface area contributed by atoms with Gasteiger partial charge in [-0.05, 0) is 47.4 Å². The fourth-order valence-corrected chi connectivity index (χ4v) is 2.85. The molecule has 68 valence electrons. The molecule has 0 aliphatic rings. The predicted octanol–water partition coefficient (Wildman–Crippen LogP) is 3.35. The lowest BCUT2D eigenvalue weighted by molar-refractivity contribution is 1.17. The minimum Gasteiger partial charge on any atom is -0.398 e. The summed E-state index contributed by atoms with van der Waals surface area (Å²) in [6, 6.07) is 4.25. The van der Waals surface area contributed by atoms with E-state index in [1.165, 1.54) is 21.2 Å². The summed E-state index contributed by atoms with van der Waals surface area (Å²) in [4.78, 5) is 0. The van der Waals surface area contributed by atoms with Gasteiger partial charge in [-0.15, -0.1) is 11.3 Å². The highest BCUT2D eigenvalue weighted by Gasteiger charge is 2.07. The zero-order valence-corrected chi connectivity index (χ0v) is 8.74. The smallest absolute Gasteiger partial charge is 0.0397 e. The number of nitrogen functional groups attached to an aromatic ring is 1. The van der Waals surface area contributed by atoms with Crippen molar-refractivity contribution >= 4 is 27.1 Å². The quantitative estimate of drug-likeness (QED) is 0.687. The second-order valence-electron chi connectivity index (χ2n) is 3.28. The Morgan fingerprint density at radius 3 is 2.92 bits per heavy atom. The lowest BCUT2D eigenvalue weighted by Gasteiger charge is -2.06. The minimum atomic E-state index is 0.940. The largest absolute Gasteiger partial charge is 0.398 e. The molecule has 0 aliphatic heterocycles. The van der Waals surface area contributed by atoms with Crippen molar-refractivity contribution in [2.24, 2.45) is 0 Å². The van der Waals surface area contributed by atoms with Crippen LogP contribution in [0, 0.1) is 6.92 Å². The highest BCUT2D eigenvalue weighted by atomic mass is 32.1. The predicted molar refractivity (Wildman–Crippen MR) is 60.4 cm³/mol. The van der Waals surface area contributed by atoms with Crippen molar-refractivity contribution in [3.63, 3.8) is 0 Å². The Bertz CT molecular complexity index is 443. The molecule has 0 amide bonds. The Morgan fingerprint density at radius 2 is 2.23 bits per heavy atom. The standard InChI is InChI=1S/C11H13NS/c1-3-8-10(12)6-7(2)9-4-5-13-11(8)9/h4-6H,3,12H2,1-2H3. The van der Waals surface area contributed by atoms with E-state index in [0.717, 1.165) is 12.1 Å². The fourth-order valence-electron chi connectivity index (χ4n) is 1.75. The second-order valence-corrected chi connectivity index (χ2v) is 4.19. The average Bonchev–Trinajstić information content (AvgIpc) is 2.53. The Hall–Kier alpha value is -1.02. The summed E-state index contributed by atoms with van der Waals surface area (Å²) in [6.07, 6.45) is 1.02. The van der Waals surface area contributed by atoms with Crippen LogP contribution in [0.15, 0.2) is 17.5 Å². The first kappa shape index (κ1) is 8.57. The highest BCUT2D eigenvalue weighted by molar-refractivity contribution is 7.17. The molecule has 0 saturated carbocycles. The molecule has 1 heterocycles. The summed E-state index contributed by atoms with van der Waals surface area (Å²) >= 11 is 1.79. The van der Waals surface area contributed by atoms with Gasteiger partial charge in [-0.2, -0.15) is 0 Å². The number of hydrogen-bond acceptors (Lipinski definition) is 2. The monoisotopic (exact) mass is 191 g/mol. The molecule has 1 aromatic carbocycles. The number of rotatable bonds is 1. The second kappa shape index (κ2) is 3.04. The molecule has 1 nitrogen and oxygen atoms in total. The third kappa shape index (κ3) is 1.22. The Kier molecular flexibility index (Phi) is 2.00. The zero-order valence-electron chi connectivity index (χ0n) is 7.92. The molecule has 2 rings (SSSR count). The van der Waals surface area contributed by atoms with Crippen LogP contribution in [0.5, 0.6) is 0 Å². The van der Waals surface area contributed by atoms with Crippen LogP contribution in [0.2, 0.25) is 0 Å². The average molecular weight is 191 g/mol. The van der Waals surface area contributed by atoms with Crippen molar-refractivity contribution in [3.05, 3.63) is 28.6 Å². The van der Waals surface area contributed by atoms with Crippen LogP contribution in [-0.2, 0) is 6.42 Å². The van der Waals surface area contributed by atoms with Crippen LogP contribution in [0.25, 0.3) is 10.1 Å². The zero-order chi connectivity index (χ0) is 9.42. The first-order valence-corrected chi connectivity index (χ1v) is 5.37. The molecule has 2 N–H and O–H groups in total. The van der Waals surface area contributed by atoms with E-state index in [-0.39, 0.29) is 0 Å². The topological polar surface area (TPSA) is 26.0 Å². The summed E-state index contributed by atoms with van der Waals surface area (Å²) < 4.78 is 1.36. The van der Waals surface area contributed by atoms with E-state index in [2.05, 4.69) is 31.4 Å². The summed E-state index contributed by atoms with van der Waals surface area (Å²) in [6.45, 7) is 4.27. The van der Waals surface area contributed by atoms with Crippen molar-refractivity contribution in [1.82, 2.24) is 0 Å². The molecule has 0 atom stereocenters. The van der Waals surface area contributed by atoms with E-state index in [9.17, 15) is 0 Å². The van der Waals surface area contributed by atoms with Crippen molar-refractivity contribution in [1.29, 1.82) is 0 Å². The molecule has 0 spiro atoms. The van der Waals surface area contributed by atoms with Gasteiger partial charge in [0.05, 0.1) is 0 Å². The van der Waals surface area contributed by atoms with E-state index >= 15 is 0 Å². The van der Waals surface area contributed by atoms with Crippen LogP contribution in [0.3, 0.4) is 0 Å². The van der Waals surface area contributed by atoms with Crippen LogP contribution in [-0.4, -0.2) is 0 Å². The number of nitrogens with two attached hydrogens (primary N) is 1. The van der Waals surface area contributed by atoms with Crippen LogP contribution >= 0.6 is 11.3 Å². The molecule has 0 radical (unpaired) electrons. The maximum absolute atomic E-state index is 5.96. The van der Waals surface area contributed by atoms with E-state index in [1.807, 2.05) is 0 Å². The normalized spacial score (nSPS) is 10.9. The molecule has 1 aromatic heterocycles. The Balaban J connectivity index is 2.88. The lowest BCUT2D eigenvalue weighted by atomic mass is 10.0. The van der Waals surface area contributed by atoms with Gasteiger partial charge in [0.1, 0.15) is 0 Å². The van der Waals surface area contributed by atoms with Crippen LogP contribution in [0.4, 0.5) is 5.69 Å². The summed E-state index contributed by atoms with van der Waals surface area (Å²) in [5.74, 6) is 0. The van der Waals surface area contributed by atoms with Gasteiger partial charge in [-0.1, -0.05) is 6.92 Å². The summed E-state index contributed by atoms with van der Waals surface area (Å²) in [7, 11) is 0.